The summed E-state index contributed by atoms with van der Waals surface area (Å²) in [6.07, 6.45) is 1.61. The number of aliphatic hydroxyl groups is 1. The van der Waals surface area contributed by atoms with E-state index in [-0.39, 0.29) is 6.04 Å². The average molecular weight is 179 g/mol. The van der Waals surface area contributed by atoms with Crippen LogP contribution < -0.4 is 0 Å². The van der Waals surface area contributed by atoms with E-state index in [1.54, 1.807) is 6.92 Å². The first kappa shape index (κ1) is 8.96. The maximum atomic E-state index is 11.0. The van der Waals surface area contributed by atoms with Gasteiger partial charge in [-0.15, -0.1) is 0 Å². The fourth-order valence-corrected chi connectivity index (χ4v) is 2.79. The second-order valence-corrected chi connectivity index (χ2v) is 4.89. The highest BCUT2D eigenvalue weighted by atomic mass is 32.2. The number of aliphatic hydroxyl groups excluding tert-OH is 1. The van der Waals surface area contributed by atoms with Gasteiger partial charge < -0.3 is 5.11 Å². The van der Waals surface area contributed by atoms with Crippen LogP contribution in [0.25, 0.3) is 0 Å². The van der Waals surface area contributed by atoms with E-state index >= 15 is 0 Å². The van der Waals surface area contributed by atoms with Gasteiger partial charge in [-0.1, -0.05) is 0 Å². The van der Waals surface area contributed by atoms with Crippen molar-refractivity contribution in [1.29, 1.82) is 0 Å². The molecule has 0 saturated carbocycles. The van der Waals surface area contributed by atoms with Crippen LogP contribution in [0.5, 0.6) is 0 Å². The Kier molecular flexibility index (Phi) is 2.22. The second-order valence-electron chi connectivity index (χ2n) is 3.00. The van der Waals surface area contributed by atoms with Crippen molar-refractivity contribution in [2.24, 2.45) is 0 Å². The lowest BCUT2D eigenvalue weighted by atomic mass is 10.2. The zero-order valence-electron chi connectivity index (χ0n) is 6.69. The fraction of sp³-hybridized carbons (Fsp3) is 1.00. The Morgan fingerprint density at radius 2 is 2.00 bits per heavy atom. The van der Waals surface area contributed by atoms with Gasteiger partial charge in [0.2, 0.25) is 10.0 Å². The summed E-state index contributed by atoms with van der Waals surface area (Å²) < 4.78 is 23.2. The smallest absolute Gasteiger partial charge is 0.213 e. The molecule has 4 nitrogen and oxygen atoms in total. The number of hydrogen-bond acceptors (Lipinski definition) is 3. The van der Waals surface area contributed by atoms with Gasteiger partial charge in [0.25, 0.3) is 0 Å². The number of rotatable bonds is 1. The van der Waals surface area contributed by atoms with Gasteiger partial charge >= 0.3 is 0 Å². The van der Waals surface area contributed by atoms with E-state index in [2.05, 4.69) is 0 Å². The maximum Gasteiger partial charge on any atom is 0.213 e. The molecule has 66 valence electrons. The molecule has 0 aromatic heterocycles. The summed E-state index contributed by atoms with van der Waals surface area (Å²) in [5.74, 6) is 0. The van der Waals surface area contributed by atoms with Crippen LogP contribution in [0.3, 0.4) is 0 Å². The first-order valence-electron chi connectivity index (χ1n) is 3.59. The second kappa shape index (κ2) is 2.73. The van der Waals surface area contributed by atoms with Crippen molar-refractivity contribution in [3.8, 4) is 0 Å². The molecule has 1 fully saturated rings. The Hall–Kier alpha value is -0.130. The van der Waals surface area contributed by atoms with E-state index in [9.17, 15) is 13.5 Å². The van der Waals surface area contributed by atoms with Crippen molar-refractivity contribution >= 4 is 10.0 Å². The molecule has 0 bridgehead atoms. The molecule has 1 aliphatic rings. The van der Waals surface area contributed by atoms with Gasteiger partial charge in [-0.3, -0.25) is 0 Å². The molecule has 0 radical (unpaired) electrons. The minimum absolute atomic E-state index is 0.0556. The summed E-state index contributed by atoms with van der Waals surface area (Å²) in [5, 5.41) is 9.24. The molecule has 0 aromatic carbocycles. The summed E-state index contributed by atoms with van der Waals surface area (Å²) in [6, 6.07) is -0.0556. The van der Waals surface area contributed by atoms with Crippen molar-refractivity contribution in [2.45, 2.75) is 32.0 Å². The predicted octanol–water partition coefficient (Wildman–Crippen LogP) is -0.251. The Morgan fingerprint density at radius 3 is 2.18 bits per heavy atom. The van der Waals surface area contributed by atoms with Crippen LogP contribution in [-0.4, -0.2) is 36.4 Å². The molecule has 1 N–H and O–H groups in total. The largest absolute Gasteiger partial charge is 0.377 e. The lowest BCUT2D eigenvalue weighted by molar-refractivity contribution is 0.0834. The van der Waals surface area contributed by atoms with Crippen LogP contribution in [0.15, 0.2) is 0 Å². The van der Waals surface area contributed by atoms with E-state index in [1.165, 1.54) is 0 Å². The highest BCUT2D eigenvalue weighted by molar-refractivity contribution is 7.88. The summed E-state index contributed by atoms with van der Waals surface area (Å²) in [6.45, 7) is 1.80. The van der Waals surface area contributed by atoms with Gasteiger partial charge in [0.15, 0.2) is 0 Å². The molecule has 0 aliphatic carbocycles. The first-order chi connectivity index (χ1) is 4.93. The minimum Gasteiger partial charge on any atom is -0.377 e. The van der Waals surface area contributed by atoms with E-state index in [0.717, 1.165) is 17.0 Å². The van der Waals surface area contributed by atoms with Gasteiger partial charge in [0, 0.05) is 6.04 Å². The number of sulfonamides is 1. The molecular weight excluding hydrogens is 166 g/mol. The molecule has 1 aliphatic heterocycles. The number of hydrogen-bond donors (Lipinski definition) is 1. The van der Waals surface area contributed by atoms with Crippen LogP contribution in [0, 0.1) is 0 Å². The summed E-state index contributed by atoms with van der Waals surface area (Å²) >= 11 is 0. The Morgan fingerprint density at radius 1 is 1.45 bits per heavy atom. The minimum atomic E-state index is -3.22. The van der Waals surface area contributed by atoms with Crippen molar-refractivity contribution in [3.05, 3.63) is 0 Å². The molecule has 5 heteroatoms. The molecule has 1 rings (SSSR count). The quantitative estimate of drug-likeness (QED) is 0.604. The number of nitrogens with zero attached hydrogens (tertiary/aromatic N) is 1. The van der Waals surface area contributed by atoms with Gasteiger partial charge in [-0.05, 0) is 19.8 Å². The monoisotopic (exact) mass is 179 g/mol. The van der Waals surface area contributed by atoms with Crippen molar-refractivity contribution in [2.75, 3.05) is 6.26 Å². The lowest BCUT2D eigenvalue weighted by Gasteiger charge is -2.21. The van der Waals surface area contributed by atoms with Crippen molar-refractivity contribution in [3.63, 3.8) is 0 Å². The van der Waals surface area contributed by atoms with Crippen molar-refractivity contribution in [1.82, 2.24) is 4.31 Å². The third-order valence-electron chi connectivity index (χ3n) is 1.95. The highest BCUT2D eigenvalue weighted by Crippen LogP contribution is 2.24. The van der Waals surface area contributed by atoms with Gasteiger partial charge in [-0.2, -0.15) is 4.31 Å². The SMILES string of the molecule is CC1CCC(O)N1S(C)(=O)=O. The van der Waals surface area contributed by atoms with Crippen molar-refractivity contribution < 1.29 is 13.5 Å². The standard InChI is InChI=1S/C6H13NO3S/c1-5-3-4-6(8)7(5)11(2,9)10/h5-6,8H,3-4H2,1-2H3. The Balaban J connectivity index is 2.86. The van der Waals surface area contributed by atoms with Crippen LogP contribution >= 0.6 is 0 Å². The Bertz CT molecular complexity index is 226. The Labute approximate surface area is 66.9 Å². The highest BCUT2D eigenvalue weighted by Gasteiger charge is 2.35. The normalized spacial score (nSPS) is 34.5. The topological polar surface area (TPSA) is 57.6 Å². The van der Waals surface area contributed by atoms with E-state index in [1.807, 2.05) is 0 Å². The van der Waals surface area contributed by atoms with Gasteiger partial charge in [0.1, 0.15) is 6.23 Å². The summed E-state index contributed by atoms with van der Waals surface area (Å²) in [7, 11) is -3.22. The molecule has 1 saturated heterocycles. The predicted molar refractivity (Wildman–Crippen MR) is 41.4 cm³/mol. The molecule has 2 unspecified atom stereocenters. The summed E-state index contributed by atoms with van der Waals surface area (Å²) in [4.78, 5) is 0. The molecular formula is C6H13NO3S. The molecule has 0 spiro atoms. The van der Waals surface area contributed by atoms with E-state index in [0.29, 0.717) is 6.42 Å². The third kappa shape index (κ3) is 1.72. The zero-order chi connectivity index (χ0) is 8.65. The van der Waals surface area contributed by atoms with E-state index < -0.39 is 16.3 Å². The maximum absolute atomic E-state index is 11.0. The average Bonchev–Trinajstić information content (AvgIpc) is 2.08. The van der Waals surface area contributed by atoms with Gasteiger partial charge in [0.05, 0.1) is 6.26 Å². The fourth-order valence-electron chi connectivity index (χ4n) is 1.49. The van der Waals surface area contributed by atoms with Crippen LogP contribution in [0.2, 0.25) is 0 Å². The lowest BCUT2D eigenvalue weighted by Crippen LogP contribution is -2.38. The van der Waals surface area contributed by atoms with Crippen LogP contribution in [-0.2, 0) is 10.0 Å². The third-order valence-corrected chi connectivity index (χ3v) is 3.32. The van der Waals surface area contributed by atoms with Crippen LogP contribution in [0.1, 0.15) is 19.8 Å². The van der Waals surface area contributed by atoms with E-state index in [4.69, 9.17) is 0 Å². The van der Waals surface area contributed by atoms with Gasteiger partial charge in [-0.25, -0.2) is 8.42 Å². The molecule has 2 atom stereocenters. The summed E-state index contributed by atoms with van der Waals surface area (Å²) in [5.41, 5.74) is 0. The first-order valence-corrected chi connectivity index (χ1v) is 5.44. The zero-order valence-corrected chi connectivity index (χ0v) is 7.50. The van der Waals surface area contributed by atoms with Crippen LogP contribution in [0.4, 0.5) is 0 Å². The molecule has 0 aromatic rings. The molecule has 11 heavy (non-hydrogen) atoms. The molecule has 0 amide bonds. The molecule has 1 heterocycles.